The van der Waals surface area contributed by atoms with E-state index in [4.69, 9.17) is 4.74 Å². The van der Waals surface area contributed by atoms with Crippen molar-refractivity contribution in [2.75, 3.05) is 19.8 Å². The number of ether oxygens (including phenoxy) is 1. The van der Waals surface area contributed by atoms with Gasteiger partial charge in [-0.3, -0.25) is 4.79 Å². The van der Waals surface area contributed by atoms with Gasteiger partial charge in [-0.1, -0.05) is 0 Å². The van der Waals surface area contributed by atoms with Crippen molar-refractivity contribution in [3.05, 3.63) is 30.2 Å². The third kappa shape index (κ3) is 2.19. The third-order valence-electron chi connectivity index (χ3n) is 4.65. The van der Waals surface area contributed by atoms with Crippen LogP contribution >= 0.6 is 0 Å². The molecule has 110 valence electrons. The van der Waals surface area contributed by atoms with Crippen molar-refractivity contribution in [2.24, 2.45) is 5.41 Å². The van der Waals surface area contributed by atoms with Crippen LogP contribution in [0.15, 0.2) is 24.7 Å². The largest absolute Gasteiger partial charge is 0.381 e. The number of carbonyl (C=O) groups excluding carboxylic acids is 1. The first-order valence-electron chi connectivity index (χ1n) is 7.39. The van der Waals surface area contributed by atoms with E-state index in [0.29, 0.717) is 13.0 Å². The number of hydrogen-bond donors (Lipinski definition) is 0. The van der Waals surface area contributed by atoms with Gasteiger partial charge in [0.1, 0.15) is 0 Å². The summed E-state index contributed by atoms with van der Waals surface area (Å²) in [7, 11) is 0. The normalized spacial score (nSPS) is 26.1. The molecule has 6 nitrogen and oxygen atoms in total. The second-order valence-electron chi connectivity index (χ2n) is 6.11. The van der Waals surface area contributed by atoms with Crippen LogP contribution in [0.2, 0.25) is 0 Å². The van der Waals surface area contributed by atoms with E-state index in [0.717, 1.165) is 43.8 Å². The summed E-state index contributed by atoms with van der Waals surface area (Å²) >= 11 is 0. The number of hydrogen-bond acceptors (Lipinski definition) is 4. The first-order chi connectivity index (χ1) is 10.3. The maximum Gasteiger partial charge on any atom is 0.222 e. The standard InChI is InChI=1S/C15H18N4O2/c20-13-2-3-15(4-7-21-11-15)10-18(13)9-12-8-17-19-6-1-5-16-14(12)19/h1,5-6,8H,2-4,7,9-11H2/t15-/m1/s1. The first kappa shape index (κ1) is 12.8. The predicted molar refractivity (Wildman–Crippen MR) is 75.5 cm³/mol. The molecule has 0 aromatic carbocycles. The highest BCUT2D eigenvalue weighted by Gasteiger charge is 2.41. The molecule has 4 rings (SSSR count). The Hall–Kier alpha value is -1.95. The predicted octanol–water partition coefficient (Wildman–Crippen LogP) is 1.26. The summed E-state index contributed by atoms with van der Waals surface area (Å²) in [6.07, 6.45) is 8.07. The molecule has 2 fully saturated rings. The Morgan fingerprint density at radius 2 is 2.33 bits per heavy atom. The molecule has 0 unspecified atom stereocenters. The van der Waals surface area contributed by atoms with E-state index in [1.165, 1.54) is 0 Å². The van der Waals surface area contributed by atoms with E-state index < -0.39 is 0 Å². The Bertz CT molecular complexity index is 675. The smallest absolute Gasteiger partial charge is 0.222 e. The summed E-state index contributed by atoms with van der Waals surface area (Å²) in [5.74, 6) is 0.225. The topological polar surface area (TPSA) is 59.7 Å². The Labute approximate surface area is 122 Å². The molecule has 21 heavy (non-hydrogen) atoms. The van der Waals surface area contributed by atoms with Crippen molar-refractivity contribution < 1.29 is 9.53 Å². The highest BCUT2D eigenvalue weighted by Crippen LogP contribution is 2.38. The van der Waals surface area contributed by atoms with Gasteiger partial charge in [0.05, 0.1) is 19.3 Å². The van der Waals surface area contributed by atoms with Gasteiger partial charge in [0.25, 0.3) is 0 Å². The SMILES string of the molecule is O=C1CC[C@@]2(CCOC2)CN1Cc1cnn2cccnc12. The number of likely N-dealkylation sites (tertiary alicyclic amines) is 1. The second-order valence-corrected chi connectivity index (χ2v) is 6.11. The first-order valence-corrected chi connectivity index (χ1v) is 7.39. The third-order valence-corrected chi connectivity index (χ3v) is 4.65. The van der Waals surface area contributed by atoms with Crippen molar-refractivity contribution in [1.82, 2.24) is 19.5 Å². The van der Waals surface area contributed by atoms with Gasteiger partial charge in [0.15, 0.2) is 5.65 Å². The van der Waals surface area contributed by atoms with Crippen LogP contribution in [0.1, 0.15) is 24.8 Å². The molecule has 1 atom stereocenters. The molecule has 0 bridgehead atoms. The summed E-state index contributed by atoms with van der Waals surface area (Å²) in [6, 6.07) is 1.85. The highest BCUT2D eigenvalue weighted by atomic mass is 16.5. The Morgan fingerprint density at radius 1 is 1.38 bits per heavy atom. The van der Waals surface area contributed by atoms with Gasteiger partial charge in [0, 0.05) is 42.9 Å². The number of aromatic nitrogens is 3. The Morgan fingerprint density at radius 3 is 3.19 bits per heavy atom. The van der Waals surface area contributed by atoms with Gasteiger partial charge < -0.3 is 9.64 Å². The molecule has 0 radical (unpaired) electrons. The summed E-state index contributed by atoms with van der Waals surface area (Å²) in [6.45, 7) is 2.97. The number of amides is 1. The van der Waals surface area contributed by atoms with Crippen LogP contribution in [-0.2, 0) is 16.1 Å². The lowest BCUT2D eigenvalue weighted by Gasteiger charge is -2.39. The summed E-state index contributed by atoms with van der Waals surface area (Å²) in [4.78, 5) is 18.5. The fraction of sp³-hybridized carbons (Fsp3) is 0.533. The molecule has 1 spiro atoms. The molecule has 4 heterocycles. The van der Waals surface area contributed by atoms with Gasteiger partial charge in [-0.2, -0.15) is 5.10 Å². The second kappa shape index (κ2) is 4.80. The van der Waals surface area contributed by atoms with Gasteiger partial charge in [-0.25, -0.2) is 9.50 Å². The number of nitrogens with zero attached hydrogens (tertiary/aromatic N) is 4. The zero-order valence-corrected chi connectivity index (χ0v) is 11.9. The van der Waals surface area contributed by atoms with Crippen molar-refractivity contribution in [3.8, 4) is 0 Å². The minimum absolute atomic E-state index is 0.171. The van der Waals surface area contributed by atoms with Crippen LogP contribution in [0.3, 0.4) is 0 Å². The maximum absolute atomic E-state index is 12.2. The van der Waals surface area contributed by atoms with E-state index in [2.05, 4.69) is 10.1 Å². The number of carbonyl (C=O) groups is 1. The fourth-order valence-corrected chi connectivity index (χ4v) is 3.41. The minimum atomic E-state index is 0.171. The summed E-state index contributed by atoms with van der Waals surface area (Å²) in [5, 5.41) is 4.29. The molecule has 2 aromatic rings. The lowest BCUT2D eigenvalue weighted by molar-refractivity contribution is -0.138. The van der Waals surface area contributed by atoms with E-state index in [-0.39, 0.29) is 11.3 Å². The molecular formula is C15H18N4O2. The summed E-state index contributed by atoms with van der Waals surface area (Å²) < 4.78 is 7.31. The van der Waals surface area contributed by atoms with Crippen LogP contribution < -0.4 is 0 Å². The number of piperidine rings is 1. The van der Waals surface area contributed by atoms with E-state index >= 15 is 0 Å². The zero-order valence-electron chi connectivity index (χ0n) is 11.9. The van der Waals surface area contributed by atoms with Crippen LogP contribution in [-0.4, -0.2) is 45.2 Å². The zero-order chi connectivity index (χ0) is 14.3. The molecule has 0 saturated carbocycles. The monoisotopic (exact) mass is 286 g/mol. The number of rotatable bonds is 2. The average Bonchev–Trinajstić information content (AvgIpc) is 3.12. The van der Waals surface area contributed by atoms with Crippen LogP contribution in [0.5, 0.6) is 0 Å². The van der Waals surface area contributed by atoms with Gasteiger partial charge in [0.2, 0.25) is 5.91 Å². The lowest BCUT2D eigenvalue weighted by Crippen LogP contribution is -2.46. The summed E-state index contributed by atoms with van der Waals surface area (Å²) in [5.41, 5.74) is 2.00. The minimum Gasteiger partial charge on any atom is -0.381 e. The molecule has 2 saturated heterocycles. The average molecular weight is 286 g/mol. The van der Waals surface area contributed by atoms with E-state index in [1.807, 2.05) is 23.4 Å². The van der Waals surface area contributed by atoms with Crippen molar-refractivity contribution >= 4 is 11.6 Å². The van der Waals surface area contributed by atoms with Crippen LogP contribution in [0.4, 0.5) is 0 Å². The van der Waals surface area contributed by atoms with Crippen LogP contribution in [0.25, 0.3) is 5.65 Å². The van der Waals surface area contributed by atoms with Gasteiger partial charge >= 0.3 is 0 Å². The fourth-order valence-electron chi connectivity index (χ4n) is 3.41. The molecule has 0 N–H and O–H groups in total. The molecule has 2 aliphatic rings. The van der Waals surface area contributed by atoms with Gasteiger partial charge in [-0.05, 0) is 18.9 Å². The Balaban J connectivity index is 1.59. The van der Waals surface area contributed by atoms with Crippen molar-refractivity contribution in [3.63, 3.8) is 0 Å². The van der Waals surface area contributed by atoms with Crippen LogP contribution in [0, 0.1) is 5.41 Å². The van der Waals surface area contributed by atoms with Crippen molar-refractivity contribution in [2.45, 2.75) is 25.8 Å². The highest BCUT2D eigenvalue weighted by molar-refractivity contribution is 5.77. The van der Waals surface area contributed by atoms with E-state index in [9.17, 15) is 4.79 Å². The molecule has 0 aliphatic carbocycles. The molecule has 6 heteroatoms. The quantitative estimate of drug-likeness (QED) is 0.834. The van der Waals surface area contributed by atoms with E-state index in [1.54, 1.807) is 10.7 Å². The molecule has 1 amide bonds. The number of fused-ring (bicyclic) bond motifs is 1. The lowest BCUT2D eigenvalue weighted by atomic mass is 9.79. The molecule has 2 aromatic heterocycles. The molecule has 2 aliphatic heterocycles. The van der Waals surface area contributed by atoms with Gasteiger partial charge in [-0.15, -0.1) is 0 Å². The van der Waals surface area contributed by atoms with Crippen molar-refractivity contribution in [1.29, 1.82) is 0 Å². The maximum atomic E-state index is 12.2. The Kier molecular flexibility index (Phi) is 2.92. The molecular weight excluding hydrogens is 268 g/mol.